The number of fused-ring (bicyclic) bond motifs is 1. The van der Waals surface area contributed by atoms with E-state index in [1.54, 1.807) is 13.3 Å². The number of hydrogen-bond acceptors (Lipinski definition) is 3. The van der Waals surface area contributed by atoms with Crippen molar-refractivity contribution >= 4 is 22.5 Å². The number of hydrogen-bond donors (Lipinski definition) is 0. The number of para-hydroxylation sites is 1. The molecule has 0 aliphatic rings. The molecule has 0 aliphatic heterocycles. The zero-order chi connectivity index (χ0) is 24.3. The number of nitrogens with zero attached hydrogens (tertiary/aromatic N) is 2. The molecule has 0 saturated carbocycles. The summed E-state index contributed by atoms with van der Waals surface area (Å²) in [5.41, 5.74) is 6.15. The van der Waals surface area contributed by atoms with E-state index in [0.717, 1.165) is 44.6 Å². The smallest absolute Gasteiger partial charge is 0.227 e. The molecule has 0 bridgehead atoms. The first-order valence-corrected chi connectivity index (χ1v) is 11.6. The molecule has 0 radical (unpaired) electrons. The fourth-order valence-electron chi connectivity index (χ4n) is 4.22. The molecule has 1 amide bonds. The van der Waals surface area contributed by atoms with Crippen LogP contribution in [0, 0.1) is 12.3 Å². The van der Waals surface area contributed by atoms with Crippen LogP contribution in [-0.4, -0.2) is 18.0 Å². The van der Waals surface area contributed by atoms with Gasteiger partial charge in [0.2, 0.25) is 5.91 Å². The third-order valence-electron chi connectivity index (χ3n) is 5.92. The second-order valence-corrected chi connectivity index (χ2v) is 9.95. The van der Waals surface area contributed by atoms with Crippen LogP contribution in [0.2, 0.25) is 0 Å². The Labute approximate surface area is 202 Å². The van der Waals surface area contributed by atoms with Crippen molar-refractivity contribution in [1.82, 2.24) is 4.98 Å². The van der Waals surface area contributed by atoms with E-state index in [1.807, 2.05) is 41.3 Å². The van der Waals surface area contributed by atoms with Crippen LogP contribution in [0.1, 0.15) is 38.3 Å². The predicted molar refractivity (Wildman–Crippen MR) is 140 cm³/mol. The number of aromatic nitrogens is 1. The molecule has 4 heteroatoms. The molecule has 0 saturated heterocycles. The van der Waals surface area contributed by atoms with Crippen molar-refractivity contribution in [3.05, 3.63) is 90.1 Å². The first-order chi connectivity index (χ1) is 16.2. The summed E-state index contributed by atoms with van der Waals surface area (Å²) in [6.07, 6.45) is 2.25. The fraction of sp³-hybridized carbons (Fsp3) is 0.267. The topological polar surface area (TPSA) is 42.4 Å². The average molecular weight is 453 g/mol. The zero-order valence-electron chi connectivity index (χ0n) is 20.6. The van der Waals surface area contributed by atoms with Crippen LogP contribution in [0.4, 0.5) is 5.69 Å². The molecule has 0 fully saturated rings. The van der Waals surface area contributed by atoms with Gasteiger partial charge in [-0.25, -0.2) is 0 Å². The third-order valence-corrected chi connectivity index (χ3v) is 5.92. The van der Waals surface area contributed by atoms with E-state index in [1.165, 1.54) is 0 Å². The van der Waals surface area contributed by atoms with Crippen molar-refractivity contribution in [2.45, 2.75) is 40.7 Å². The lowest BCUT2D eigenvalue weighted by Gasteiger charge is -2.28. The summed E-state index contributed by atoms with van der Waals surface area (Å²) in [7, 11) is 1.69. The normalized spacial score (nSPS) is 11.4. The molecular formula is C30H32N2O2. The van der Waals surface area contributed by atoms with Crippen molar-refractivity contribution in [2.75, 3.05) is 12.0 Å². The molecule has 1 heterocycles. The molecule has 4 aromatic rings. The van der Waals surface area contributed by atoms with Crippen LogP contribution in [0.3, 0.4) is 0 Å². The maximum absolute atomic E-state index is 13.5. The van der Waals surface area contributed by atoms with Crippen LogP contribution in [0.25, 0.3) is 22.0 Å². The second-order valence-electron chi connectivity index (χ2n) is 9.95. The predicted octanol–water partition coefficient (Wildman–Crippen LogP) is 7.19. The van der Waals surface area contributed by atoms with Crippen LogP contribution < -0.4 is 9.64 Å². The van der Waals surface area contributed by atoms with Crippen molar-refractivity contribution in [2.24, 2.45) is 5.41 Å². The summed E-state index contributed by atoms with van der Waals surface area (Å²) in [5, 5.41) is 0.984. The number of anilines is 1. The number of carbonyl (C=O) groups excluding carboxylic acids is 1. The molecule has 4 nitrogen and oxygen atoms in total. The van der Waals surface area contributed by atoms with E-state index in [0.29, 0.717) is 13.0 Å². The van der Waals surface area contributed by atoms with Gasteiger partial charge in [0, 0.05) is 18.0 Å². The summed E-state index contributed by atoms with van der Waals surface area (Å²) in [4.78, 5) is 19.9. The van der Waals surface area contributed by atoms with E-state index >= 15 is 0 Å². The molecule has 3 aromatic carbocycles. The van der Waals surface area contributed by atoms with Gasteiger partial charge in [-0.15, -0.1) is 0 Å². The van der Waals surface area contributed by atoms with E-state index in [-0.39, 0.29) is 11.3 Å². The minimum absolute atomic E-state index is 0.103. The van der Waals surface area contributed by atoms with Gasteiger partial charge < -0.3 is 9.64 Å². The molecular weight excluding hydrogens is 420 g/mol. The molecule has 0 N–H and O–H groups in total. The minimum Gasteiger partial charge on any atom is -0.496 e. The second kappa shape index (κ2) is 9.68. The van der Waals surface area contributed by atoms with Crippen molar-refractivity contribution < 1.29 is 9.53 Å². The van der Waals surface area contributed by atoms with E-state index in [9.17, 15) is 4.79 Å². The van der Waals surface area contributed by atoms with Gasteiger partial charge in [-0.2, -0.15) is 0 Å². The number of aryl methyl sites for hydroxylation is 1. The first-order valence-electron chi connectivity index (χ1n) is 11.6. The lowest BCUT2D eigenvalue weighted by Crippen LogP contribution is -2.33. The van der Waals surface area contributed by atoms with Crippen molar-refractivity contribution in [1.29, 1.82) is 0 Å². The van der Waals surface area contributed by atoms with Gasteiger partial charge in [-0.1, -0.05) is 69.3 Å². The minimum atomic E-state index is -0.103. The molecule has 1 aromatic heterocycles. The number of carbonyl (C=O) groups is 1. The molecule has 34 heavy (non-hydrogen) atoms. The van der Waals surface area contributed by atoms with Gasteiger partial charge >= 0.3 is 0 Å². The Morgan fingerprint density at radius 1 is 0.941 bits per heavy atom. The zero-order valence-corrected chi connectivity index (χ0v) is 20.6. The Hall–Kier alpha value is -3.66. The van der Waals surface area contributed by atoms with Crippen LogP contribution >= 0.6 is 0 Å². The first kappa shape index (κ1) is 23.5. The van der Waals surface area contributed by atoms with Crippen LogP contribution in [0.15, 0.2) is 79.0 Å². The number of ether oxygens (including phenoxy) is 1. The SMILES string of the molecule is COc1ccc(-c2ccc(CN(C(=O)CC(C)(C)C)c3ccnc4ccccc34)cc2)cc1C. The highest BCUT2D eigenvalue weighted by molar-refractivity contribution is 6.02. The number of rotatable bonds is 6. The summed E-state index contributed by atoms with van der Waals surface area (Å²) in [6.45, 7) is 8.84. The van der Waals surface area contributed by atoms with E-state index in [2.05, 4.69) is 69.1 Å². The highest BCUT2D eigenvalue weighted by atomic mass is 16.5. The van der Waals surface area contributed by atoms with Crippen LogP contribution in [-0.2, 0) is 11.3 Å². The third kappa shape index (κ3) is 5.28. The van der Waals surface area contributed by atoms with Crippen molar-refractivity contribution in [3.63, 3.8) is 0 Å². The highest BCUT2D eigenvalue weighted by Gasteiger charge is 2.24. The number of methoxy groups -OCH3 is 1. The van der Waals surface area contributed by atoms with Gasteiger partial charge in [0.15, 0.2) is 0 Å². The molecule has 4 rings (SSSR count). The molecule has 0 aliphatic carbocycles. The molecule has 0 unspecified atom stereocenters. The van der Waals surface area contributed by atoms with Gasteiger partial charge in [0.1, 0.15) is 5.75 Å². The largest absolute Gasteiger partial charge is 0.496 e. The Bertz CT molecular complexity index is 1300. The van der Waals surface area contributed by atoms with Gasteiger partial charge in [0.25, 0.3) is 0 Å². The van der Waals surface area contributed by atoms with E-state index in [4.69, 9.17) is 4.74 Å². The average Bonchev–Trinajstić information content (AvgIpc) is 2.81. The Morgan fingerprint density at radius 2 is 1.65 bits per heavy atom. The number of amides is 1. The van der Waals surface area contributed by atoms with Gasteiger partial charge in [-0.3, -0.25) is 9.78 Å². The lowest BCUT2D eigenvalue weighted by atomic mass is 9.91. The summed E-state index contributed by atoms with van der Waals surface area (Å²) in [5.74, 6) is 0.997. The standard InChI is InChI=1S/C30H32N2O2/c1-21-18-24(14-15-28(21)34-5)23-12-10-22(11-13-23)20-32(29(33)19-30(2,3)4)27-16-17-31-26-9-7-6-8-25(26)27/h6-18H,19-20H2,1-5H3. The molecule has 174 valence electrons. The number of benzene rings is 3. The quantitative estimate of drug-likeness (QED) is 0.311. The lowest BCUT2D eigenvalue weighted by molar-refractivity contribution is -0.120. The number of pyridine rings is 1. The van der Waals surface area contributed by atoms with E-state index < -0.39 is 0 Å². The summed E-state index contributed by atoms with van der Waals surface area (Å²) in [6, 6.07) is 24.6. The summed E-state index contributed by atoms with van der Waals surface area (Å²) >= 11 is 0. The maximum Gasteiger partial charge on any atom is 0.227 e. The maximum atomic E-state index is 13.5. The molecule has 0 spiro atoms. The Balaban J connectivity index is 1.66. The monoisotopic (exact) mass is 452 g/mol. The Morgan fingerprint density at radius 3 is 2.32 bits per heavy atom. The highest BCUT2D eigenvalue weighted by Crippen LogP contribution is 2.31. The van der Waals surface area contributed by atoms with Gasteiger partial charge in [-0.05, 0) is 58.9 Å². The molecule has 0 atom stereocenters. The van der Waals surface area contributed by atoms with Crippen LogP contribution in [0.5, 0.6) is 5.75 Å². The summed E-state index contributed by atoms with van der Waals surface area (Å²) < 4.78 is 5.39. The fourth-order valence-corrected chi connectivity index (χ4v) is 4.22. The Kier molecular flexibility index (Phi) is 6.69. The van der Waals surface area contributed by atoms with Gasteiger partial charge in [0.05, 0.1) is 24.9 Å². The van der Waals surface area contributed by atoms with Crippen molar-refractivity contribution in [3.8, 4) is 16.9 Å².